The zero-order valence-electron chi connectivity index (χ0n) is 21.6. The second-order valence-corrected chi connectivity index (χ2v) is 12.4. The zero-order valence-corrected chi connectivity index (χ0v) is 22.4. The third kappa shape index (κ3) is 4.06. The number of anilines is 1. The molecule has 0 aromatic heterocycles. The summed E-state index contributed by atoms with van der Waals surface area (Å²) in [4.78, 5) is 43.1. The summed E-state index contributed by atoms with van der Waals surface area (Å²) in [6.07, 6.45) is 1.62. The van der Waals surface area contributed by atoms with Crippen molar-refractivity contribution in [2.45, 2.75) is 76.5 Å². The van der Waals surface area contributed by atoms with Gasteiger partial charge in [-0.3, -0.25) is 14.4 Å². The van der Waals surface area contributed by atoms with E-state index in [1.54, 1.807) is 16.7 Å². The summed E-state index contributed by atoms with van der Waals surface area (Å²) >= 11 is 1.66. The summed E-state index contributed by atoms with van der Waals surface area (Å²) in [5, 5.41) is 16.5. The lowest BCUT2D eigenvalue weighted by molar-refractivity contribution is -0.143. The van der Waals surface area contributed by atoms with Crippen LogP contribution in [0.3, 0.4) is 0 Å². The summed E-state index contributed by atoms with van der Waals surface area (Å²) in [7, 11) is 0. The molecule has 0 radical (unpaired) electrons. The average molecular weight is 502 g/mol. The number of fused-ring (bicyclic) bond motifs is 1. The van der Waals surface area contributed by atoms with Crippen LogP contribution in [0.2, 0.25) is 0 Å². The Morgan fingerprint density at radius 2 is 1.97 bits per heavy atom. The van der Waals surface area contributed by atoms with E-state index >= 15 is 0 Å². The number of aryl methyl sites for hydroxylation is 2. The number of nitrogens with one attached hydrogen (secondary N) is 2. The maximum absolute atomic E-state index is 14.1. The number of aliphatic hydroxyl groups excluding tert-OH is 1. The Labute approximate surface area is 212 Å². The molecule has 7 atom stereocenters. The van der Waals surface area contributed by atoms with E-state index in [1.807, 2.05) is 52.8 Å². The van der Waals surface area contributed by atoms with Crippen LogP contribution >= 0.6 is 11.8 Å². The molecule has 3 amide bonds. The van der Waals surface area contributed by atoms with Crippen molar-refractivity contribution in [2.75, 3.05) is 18.5 Å². The standard InChI is InChI=1S/C27H39N3O4S/c1-7-10-28-24(32)21-20-12-17(6)27(35-20)22(21)26(34)30(19(13-31)14(2)3)23(27)25(33)29-18-11-15(4)8-9-16(18)5/h8-9,11,14,17,19-23,31H,7,10,12-13H2,1-6H3,(H,28,32)(H,29,33)/t17?,19-,20-,21+,22-,23?,27?/m0/s1. The Morgan fingerprint density at radius 1 is 1.26 bits per heavy atom. The largest absolute Gasteiger partial charge is 0.394 e. The molecule has 0 saturated carbocycles. The number of amides is 3. The molecule has 3 unspecified atom stereocenters. The fourth-order valence-electron chi connectivity index (χ4n) is 6.47. The fourth-order valence-corrected chi connectivity index (χ4v) is 8.88. The Hall–Kier alpha value is -2.06. The van der Waals surface area contributed by atoms with Crippen molar-refractivity contribution in [1.82, 2.24) is 10.2 Å². The third-order valence-electron chi connectivity index (χ3n) is 8.25. The number of hydrogen-bond acceptors (Lipinski definition) is 5. The van der Waals surface area contributed by atoms with Crippen LogP contribution in [0.1, 0.15) is 51.7 Å². The number of thioether (sulfide) groups is 1. The van der Waals surface area contributed by atoms with Crippen molar-refractivity contribution in [3.8, 4) is 0 Å². The van der Waals surface area contributed by atoms with Gasteiger partial charge in [0.15, 0.2) is 0 Å². The molecule has 4 rings (SSSR count). The minimum atomic E-state index is -0.756. The van der Waals surface area contributed by atoms with E-state index in [-0.39, 0.29) is 41.4 Å². The van der Waals surface area contributed by atoms with Crippen molar-refractivity contribution in [3.63, 3.8) is 0 Å². The molecule has 3 saturated heterocycles. The number of aliphatic hydroxyl groups is 1. The van der Waals surface area contributed by atoms with E-state index in [0.29, 0.717) is 6.54 Å². The van der Waals surface area contributed by atoms with Crippen molar-refractivity contribution in [1.29, 1.82) is 0 Å². The Morgan fingerprint density at radius 3 is 2.60 bits per heavy atom. The predicted molar refractivity (Wildman–Crippen MR) is 139 cm³/mol. The number of rotatable bonds is 8. The normalized spacial score (nSPS) is 32.2. The van der Waals surface area contributed by atoms with E-state index in [1.165, 1.54) is 0 Å². The molecule has 7 nitrogen and oxygen atoms in total. The highest BCUT2D eigenvalue weighted by Gasteiger charge is 2.76. The van der Waals surface area contributed by atoms with E-state index in [2.05, 4.69) is 17.6 Å². The molecule has 2 bridgehead atoms. The maximum atomic E-state index is 14.1. The van der Waals surface area contributed by atoms with E-state index in [4.69, 9.17) is 0 Å². The van der Waals surface area contributed by atoms with Gasteiger partial charge in [-0.1, -0.05) is 39.8 Å². The first kappa shape index (κ1) is 26.0. The molecular formula is C27H39N3O4S. The number of hydrogen-bond donors (Lipinski definition) is 3. The predicted octanol–water partition coefficient (Wildman–Crippen LogP) is 3.12. The summed E-state index contributed by atoms with van der Waals surface area (Å²) < 4.78 is -0.694. The highest BCUT2D eigenvalue weighted by molar-refractivity contribution is 8.02. The maximum Gasteiger partial charge on any atom is 0.248 e. The van der Waals surface area contributed by atoms with Gasteiger partial charge < -0.3 is 20.6 Å². The second kappa shape index (κ2) is 9.77. The van der Waals surface area contributed by atoms with Crippen molar-refractivity contribution in [2.24, 2.45) is 23.7 Å². The van der Waals surface area contributed by atoms with Crippen molar-refractivity contribution < 1.29 is 19.5 Å². The van der Waals surface area contributed by atoms with Gasteiger partial charge >= 0.3 is 0 Å². The molecule has 1 spiro atoms. The Kier molecular flexibility index (Phi) is 7.26. The molecule has 3 N–H and O–H groups in total. The van der Waals surface area contributed by atoms with Crippen LogP contribution < -0.4 is 10.6 Å². The molecular weight excluding hydrogens is 462 g/mol. The highest BCUT2D eigenvalue weighted by Crippen LogP contribution is 2.69. The summed E-state index contributed by atoms with van der Waals surface area (Å²) in [5.41, 5.74) is 2.72. The van der Waals surface area contributed by atoms with E-state index in [0.717, 1.165) is 29.7 Å². The first-order valence-electron chi connectivity index (χ1n) is 12.8. The summed E-state index contributed by atoms with van der Waals surface area (Å²) in [6.45, 7) is 12.3. The van der Waals surface area contributed by atoms with Crippen LogP contribution in [-0.2, 0) is 14.4 Å². The first-order valence-corrected chi connectivity index (χ1v) is 13.7. The average Bonchev–Trinajstić information content (AvgIpc) is 3.39. The summed E-state index contributed by atoms with van der Waals surface area (Å²) in [5.74, 6) is -1.46. The molecule has 8 heteroatoms. The Balaban J connectivity index is 1.79. The van der Waals surface area contributed by atoms with Gasteiger partial charge in [0, 0.05) is 17.5 Å². The lowest BCUT2D eigenvalue weighted by Gasteiger charge is -2.41. The molecule has 1 aromatic carbocycles. The van der Waals surface area contributed by atoms with Crippen molar-refractivity contribution in [3.05, 3.63) is 29.3 Å². The van der Waals surface area contributed by atoms with Gasteiger partial charge in [0.2, 0.25) is 17.7 Å². The van der Waals surface area contributed by atoms with Gasteiger partial charge in [-0.25, -0.2) is 0 Å². The van der Waals surface area contributed by atoms with Gasteiger partial charge in [-0.15, -0.1) is 11.8 Å². The second-order valence-electron chi connectivity index (χ2n) is 10.9. The molecule has 0 aliphatic carbocycles. The third-order valence-corrected chi connectivity index (χ3v) is 10.3. The van der Waals surface area contributed by atoms with Crippen LogP contribution in [0.5, 0.6) is 0 Å². The fraction of sp³-hybridized carbons (Fsp3) is 0.667. The molecule has 35 heavy (non-hydrogen) atoms. The minimum Gasteiger partial charge on any atom is -0.394 e. The lowest BCUT2D eigenvalue weighted by Crippen LogP contribution is -2.58. The molecule has 1 aromatic rings. The molecule has 3 aliphatic rings. The lowest BCUT2D eigenvalue weighted by atomic mass is 9.66. The van der Waals surface area contributed by atoms with Crippen LogP contribution in [-0.4, -0.2) is 63.0 Å². The zero-order chi connectivity index (χ0) is 25.7. The number of carbonyl (C=O) groups excluding carboxylic acids is 3. The first-order chi connectivity index (χ1) is 16.6. The van der Waals surface area contributed by atoms with Crippen LogP contribution in [0.25, 0.3) is 0 Å². The topological polar surface area (TPSA) is 98.7 Å². The van der Waals surface area contributed by atoms with Crippen molar-refractivity contribution >= 4 is 35.2 Å². The molecule has 3 heterocycles. The molecule has 3 aliphatic heterocycles. The van der Waals surface area contributed by atoms with Gasteiger partial charge in [-0.05, 0) is 55.7 Å². The number of benzene rings is 1. The number of likely N-dealkylation sites (tertiary alicyclic amines) is 1. The van der Waals surface area contributed by atoms with Gasteiger partial charge in [0.25, 0.3) is 0 Å². The van der Waals surface area contributed by atoms with Gasteiger partial charge in [0.1, 0.15) is 6.04 Å². The quantitative estimate of drug-likeness (QED) is 0.508. The van der Waals surface area contributed by atoms with Crippen LogP contribution in [0, 0.1) is 37.5 Å². The SMILES string of the molecule is CCCNC(=O)[C@@H]1[C@@H]2CC(C)C3(S2)C(C(=O)Nc2cc(C)ccc2C)N([C@@H](CO)C(C)C)C(=O)[C@H]13. The van der Waals surface area contributed by atoms with Gasteiger partial charge in [0.05, 0.1) is 29.2 Å². The Bertz CT molecular complexity index is 1010. The highest BCUT2D eigenvalue weighted by atomic mass is 32.2. The number of carbonyl (C=O) groups is 3. The van der Waals surface area contributed by atoms with E-state index in [9.17, 15) is 19.5 Å². The summed E-state index contributed by atoms with van der Waals surface area (Å²) in [6, 6.07) is 4.67. The van der Waals surface area contributed by atoms with Crippen LogP contribution in [0.4, 0.5) is 5.69 Å². The van der Waals surface area contributed by atoms with Crippen LogP contribution in [0.15, 0.2) is 18.2 Å². The molecule has 192 valence electrons. The van der Waals surface area contributed by atoms with Gasteiger partial charge in [-0.2, -0.15) is 0 Å². The smallest absolute Gasteiger partial charge is 0.248 e. The minimum absolute atomic E-state index is 0.0144. The number of nitrogens with zero attached hydrogens (tertiary/aromatic N) is 1. The monoisotopic (exact) mass is 501 g/mol. The van der Waals surface area contributed by atoms with E-state index < -0.39 is 28.7 Å². The molecule has 3 fully saturated rings.